The number of furan rings is 1. The van der Waals surface area contributed by atoms with Crippen LogP contribution >= 0.6 is 0 Å². The summed E-state index contributed by atoms with van der Waals surface area (Å²) in [6, 6.07) is 13.0. The van der Waals surface area contributed by atoms with Crippen LogP contribution in [0.1, 0.15) is 57.3 Å². The molecule has 0 amide bonds. The van der Waals surface area contributed by atoms with E-state index in [2.05, 4.69) is 0 Å². The van der Waals surface area contributed by atoms with Crippen LogP contribution in [0.15, 0.2) is 71.3 Å². The van der Waals surface area contributed by atoms with Gasteiger partial charge in [0.1, 0.15) is 52.5 Å². The molecule has 0 saturated heterocycles. The highest BCUT2D eigenvalue weighted by atomic mass is 16.5. The Kier molecular flexibility index (Phi) is 7.30. The summed E-state index contributed by atoms with van der Waals surface area (Å²) in [5.74, 6) is -4.72. The first-order valence-electron chi connectivity index (χ1n) is 14.8. The number of hydrogen-bond donors (Lipinski definition) is 10. The van der Waals surface area contributed by atoms with E-state index in [1.165, 1.54) is 42.7 Å². The highest BCUT2D eigenvalue weighted by molar-refractivity contribution is 5.68. The molecule has 0 radical (unpaired) electrons. The zero-order valence-electron chi connectivity index (χ0n) is 24.8. The maximum absolute atomic E-state index is 11.5. The molecule has 5 aromatic rings. The average molecular weight is 659 g/mol. The fourth-order valence-electron chi connectivity index (χ4n) is 6.54. The molecule has 1 aromatic heterocycles. The van der Waals surface area contributed by atoms with Crippen molar-refractivity contribution in [3.63, 3.8) is 0 Å². The summed E-state index contributed by atoms with van der Waals surface area (Å²) in [6.07, 6.45) is -3.76. The molecule has 0 fully saturated rings. The summed E-state index contributed by atoms with van der Waals surface area (Å²) in [5.41, 5.74) is 0.741. The van der Waals surface area contributed by atoms with Crippen LogP contribution < -0.4 is 9.47 Å². The second-order valence-electron chi connectivity index (χ2n) is 11.8. The number of phenols is 8. The third-order valence-corrected chi connectivity index (χ3v) is 8.83. The van der Waals surface area contributed by atoms with Crippen LogP contribution in [-0.4, -0.2) is 63.3 Å². The molecule has 0 saturated carbocycles. The van der Waals surface area contributed by atoms with Gasteiger partial charge < -0.3 is 65.0 Å². The van der Waals surface area contributed by atoms with Gasteiger partial charge in [0, 0.05) is 36.1 Å². The van der Waals surface area contributed by atoms with E-state index in [0.29, 0.717) is 0 Å². The van der Waals surface area contributed by atoms with Crippen molar-refractivity contribution in [2.75, 3.05) is 0 Å². The Morgan fingerprint density at radius 1 is 0.521 bits per heavy atom. The van der Waals surface area contributed by atoms with Crippen LogP contribution in [-0.2, 0) is 12.8 Å². The number of benzene rings is 4. The van der Waals surface area contributed by atoms with Crippen molar-refractivity contribution < 1.29 is 65.0 Å². The van der Waals surface area contributed by atoms with E-state index < -0.39 is 64.8 Å². The van der Waals surface area contributed by atoms with E-state index in [1.807, 2.05) is 0 Å². The van der Waals surface area contributed by atoms with Gasteiger partial charge in [-0.15, -0.1) is 0 Å². The van der Waals surface area contributed by atoms with Crippen molar-refractivity contribution in [2.45, 2.75) is 43.2 Å². The first-order valence-corrected chi connectivity index (χ1v) is 14.8. The standard InChI is InChI=1S/C35H30O13/c36-18-5-3-14(8-22(18)40)32-26(44)10-16-20(38)12-24(42)29(34(16)47-32)31(28-2-1-7-46-28)30-25(43)13-21(39)17-11-27(45)33(48-35(17)30)15-4-6-19(37)23(41)9-15/h1-9,12-13,26-27,31-33,36-45H,10-11H2/t26-,27-,32+,33+/m0/s1. The molecule has 7 rings (SSSR count). The van der Waals surface area contributed by atoms with E-state index in [0.717, 1.165) is 12.1 Å². The zero-order valence-corrected chi connectivity index (χ0v) is 24.8. The summed E-state index contributed by atoms with van der Waals surface area (Å²) in [6.45, 7) is 0. The fraction of sp³-hybridized carbons (Fsp3) is 0.200. The van der Waals surface area contributed by atoms with Crippen molar-refractivity contribution in [1.82, 2.24) is 0 Å². The van der Waals surface area contributed by atoms with E-state index in [-0.39, 0.29) is 75.0 Å². The Balaban J connectivity index is 1.44. The first kappa shape index (κ1) is 30.7. The number of hydrogen-bond acceptors (Lipinski definition) is 13. The van der Waals surface area contributed by atoms with Gasteiger partial charge in [-0.1, -0.05) is 12.1 Å². The minimum absolute atomic E-state index is 0.0191. The van der Waals surface area contributed by atoms with Gasteiger partial charge in [0.15, 0.2) is 23.0 Å². The minimum atomic E-state index is -1.25. The molecule has 0 bridgehead atoms. The van der Waals surface area contributed by atoms with Crippen LogP contribution in [0.2, 0.25) is 0 Å². The molecule has 10 N–H and O–H groups in total. The molecule has 0 unspecified atom stereocenters. The van der Waals surface area contributed by atoms with Gasteiger partial charge in [-0.05, 0) is 47.5 Å². The van der Waals surface area contributed by atoms with Gasteiger partial charge >= 0.3 is 0 Å². The van der Waals surface area contributed by atoms with Crippen molar-refractivity contribution >= 4 is 0 Å². The first-order chi connectivity index (χ1) is 22.9. The van der Waals surface area contributed by atoms with Crippen LogP contribution in [0, 0.1) is 0 Å². The molecule has 4 aromatic carbocycles. The van der Waals surface area contributed by atoms with Gasteiger partial charge in [0.2, 0.25) is 0 Å². The van der Waals surface area contributed by atoms with Gasteiger partial charge in [-0.2, -0.15) is 0 Å². The number of rotatable bonds is 5. The molecule has 0 spiro atoms. The predicted octanol–water partition coefficient (Wildman–Crippen LogP) is 4.18. The highest BCUT2D eigenvalue weighted by Gasteiger charge is 2.42. The van der Waals surface area contributed by atoms with Crippen molar-refractivity contribution in [3.8, 4) is 57.5 Å². The lowest BCUT2D eigenvalue weighted by Gasteiger charge is -2.36. The summed E-state index contributed by atoms with van der Waals surface area (Å²) in [7, 11) is 0. The normalized spacial score (nSPS) is 20.1. The number of fused-ring (bicyclic) bond motifs is 2. The second-order valence-corrected chi connectivity index (χ2v) is 11.8. The quantitative estimate of drug-likeness (QED) is 0.120. The number of ether oxygens (including phenoxy) is 2. The molecule has 248 valence electrons. The van der Waals surface area contributed by atoms with Crippen LogP contribution in [0.4, 0.5) is 0 Å². The van der Waals surface area contributed by atoms with Crippen LogP contribution in [0.3, 0.4) is 0 Å². The third kappa shape index (κ3) is 4.96. The van der Waals surface area contributed by atoms with E-state index in [1.54, 1.807) is 12.1 Å². The SMILES string of the molecule is Oc1ccc([C@H]2Oc3c(c(O)cc(O)c3C(c3ccco3)c3c(O)cc(O)c4c3O[C@H](c3ccc(O)c(O)c3)[C@@H](O)C4)C[C@@H]2O)cc1O. The number of aliphatic hydroxyl groups excluding tert-OH is 2. The van der Waals surface area contributed by atoms with Crippen molar-refractivity contribution in [3.05, 3.63) is 106 Å². The van der Waals surface area contributed by atoms with Gasteiger partial charge in [0.25, 0.3) is 0 Å². The zero-order chi connectivity index (χ0) is 34.0. The number of phenolic OH excluding ortho intramolecular Hbond substituents is 8. The Hall–Kier alpha value is -5.92. The van der Waals surface area contributed by atoms with Crippen molar-refractivity contribution in [2.24, 2.45) is 0 Å². The Bertz CT molecular complexity index is 1910. The highest BCUT2D eigenvalue weighted by Crippen LogP contribution is 2.57. The minimum Gasteiger partial charge on any atom is -0.507 e. The summed E-state index contributed by atoms with van der Waals surface area (Å²) in [4.78, 5) is 0. The molecule has 2 aliphatic rings. The summed E-state index contributed by atoms with van der Waals surface area (Å²) < 4.78 is 18.4. The maximum atomic E-state index is 11.5. The largest absolute Gasteiger partial charge is 0.507 e. The van der Waals surface area contributed by atoms with E-state index in [9.17, 15) is 51.1 Å². The van der Waals surface area contributed by atoms with Crippen LogP contribution in [0.25, 0.3) is 0 Å². The molecule has 13 heteroatoms. The number of aromatic hydroxyl groups is 8. The van der Waals surface area contributed by atoms with E-state index >= 15 is 0 Å². The Morgan fingerprint density at radius 3 is 1.38 bits per heavy atom. The molecular weight excluding hydrogens is 628 g/mol. The smallest absolute Gasteiger partial charge is 0.157 e. The third-order valence-electron chi connectivity index (χ3n) is 8.83. The monoisotopic (exact) mass is 658 g/mol. The Labute approximate surface area is 271 Å². The average Bonchev–Trinajstić information content (AvgIpc) is 3.58. The Morgan fingerprint density at radius 2 is 0.979 bits per heavy atom. The summed E-state index contributed by atoms with van der Waals surface area (Å²) in [5, 5.41) is 107. The van der Waals surface area contributed by atoms with Gasteiger partial charge in [-0.25, -0.2) is 0 Å². The van der Waals surface area contributed by atoms with Gasteiger partial charge in [-0.3, -0.25) is 0 Å². The molecule has 48 heavy (non-hydrogen) atoms. The predicted molar refractivity (Wildman–Crippen MR) is 165 cm³/mol. The lowest BCUT2D eigenvalue weighted by Crippen LogP contribution is -2.32. The lowest BCUT2D eigenvalue weighted by molar-refractivity contribution is 0.0177. The maximum Gasteiger partial charge on any atom is 0.157 e. The second kappa shape index (κ2) is 11.4. The fourth-order valence-corrected chi connectivity index (χ4v) is 6.54. The van der Waals surface area contributed by atoms with Gasteiger partial charge in [0.05, 0.1) is 35.5 Å². The number of aliphatic hydroxyl groups is 2. The van der Waals surface area contributed by atoms with E-state index in [4.69, 9.17) is 13.9 Å². The molecule has 0 aliphatic carbocycles. The molecule has 3 heterocycles. The molecule has 2 aliphatic heterocycles. The molecule has 4 atom stereocenters. The lowest BCUT2D eigenvalue weighted by atomic mass is 9.81. The molecular formula is C35H30O13. The molecule has 13 nitrogen and oxygen atoms in total. The van der Waals surface area contributed by atoms with Crippen molar-refractivity contribution in [1.29, 1.82) is 0 Å². The van der Waals surface area contributed by atoms with Crippen LogP contribution in [0.5, 0.6) is 57.5 Å². The summed E-state index contributed by atoms with van der Waals surface area (Å²) >= 11 is 0. The topological polar surface area (TPSA) is 234 Å².